The smallest absolute Gasteiger partial charge is 0.307 e. The number of hydrogen-bond donors (Lipinski definition) is 1. The van der Waals surface area contributed by atoms with Gasteiger partial charge in [-0.3, -0.25) is 4.79 Å². The highest BCUT2D eigenvalue weighted by atomic mass is 16.6. The molecule has 5 heteroatoms. The van der Waals surface area contributed by atoms with Gasteiger partial charge >= 0.3 is 5.97 Å². The lowest BCUT2D eigenvalue weighted by atomic mass is 9.57. The molecule has 0 radical (unpaired) electrons. The molecule has 23 heavy (non-hydrogen) atoms. The van der Waals surface area contributed by atoms with Gasteiger partial charge in [0.05, 0.1) is 12.5 Å². The topological polar surface area (TPSA) is 56.8 Å². The van der Waals surface area contributed by atoms with Crippen LogP contribution in [0.1, 0.15) is 60.3 Å². The fraction of sp³-hybridized carbons (Fsp3) is 0.944. The maximum absolute atomic E-state index is 12.0. The average Bonchev–Trinajstić information content (AvgIpc) is 2.45. The monoisotopic (exact) mass is 327 g/mol. The Morgan fingerprint density at radius 3 is 2.57 bits per heavy atom. The van der Waals surface area contributed by atoms with E-state index in [1.807, 2.05) is 20.8 Å². The van der Waals surface area contributed by atoms with Crippen molar-refractivity contribution in [1.82, 2.24) is 5.32 Å². The summed E-state index contributed by atoms with van der Waals surface area (Å²) in [7, 11) is 0. The van der Waals surface area contributed by atoms with Crippen LogP contribution in [0.4, 0.5) is 0 Å². The Hall–Kier alpha value is -0.650. The summed E-state index contributed by atoms with van der Waals surface area (Å²) in [4.78, 5) is 12.0. The maximum atomic E-state index is 12.0. The van der Waals surface area contributed by atoms with Gasteiger partial charge in [-0.1, -0.05) is 0 Å². The average molecular weight is 327 g/mol. The van der Waals surface area contributed by atoms with Crippen LogP contribution < -0.4 is 5.32 Å². The van der Waals surface area contributed by atoms with Crippen molar-refractivity contribution in [3.05, 3.63) is 0 Å². The minimum absolute atomic E-state index is 0.108. The molecule has 134 valence electrons. The summed E-state index contributed by atoms with van der Waals surface area (Å²) in [6, 6.07) is 0.512. The summed E-state index contributed by atoms with van der Waals surface area (Å²) >= 11 is 0. The molecule has 1 aliphatic carbocycles. The standard InChI is InChI=1S/C18H33NO4/c1-6-22-15-12-14(18(15)7-9-21-10-8-18)19-13(2)11-16(20)23-17(3,4)5/h13-15,19H,6-12H2,1-5H3. The quantitative estimate of drug-likeness (QED) is 0.760. The highest BCUT2D eigenvalue weighted by Gasteiger charge is 2.56. The number of esters is 1. The molecule has 1 saturated heterocycles. The van der Waals surface area contributed by atoms with E-state index in [9.17, 15) is 4.79 Å². The molecule has 0 aromatic carbocycles. The Morgan fingerprint density at radius 2 is 2.00 bits per heavy atom. The molecule has 3 atom stereocenters. The fourth-order valence-corrected chi connectivity index (χ4v) is 3.87. The van der Waals surface area contributed by atoms with Crippen molar-refractivity contribution in [3.8, 4) is 0 Å². The van der Waals surface area contributed by atoms with Gasteiger partial charge in [0, 0.05) is 37.3 Å². The molecule has 5 nitrogen and oxygen atoms in total. The molecule has 2 rings (SSSR count). The van der Waals surface area contributed by atoms with Gasteiger partial charge in [-0.2, -0.15) is 0 Å². The second kappa shape index (κ2) is 7.49. The number of nitrogens with one attached hydrogen (secondary N) is 1. The third-order valence-electron chi connectivity index (χ3n) is 4.96. The van der Waals surface area contributed by atoms with E-state index in [0.29, 0.717) is 18.6 Å². The number of carbonyl (C=O) groups is 1. The van der Waals surface area contributed by atoms with Gasteiger partial charge in [0.2, 0.25) is 0 Å². The summed E-state index contributed by atoms with van der Waals surface area (Å²) in [5.74, 6) is -0.140. The van der Waals surface area contributed by atoms with Gasteiger partial charge in [0.15, 0.2) is 0 Å². The van der Waals surface area contributed by atoms with Crippen LogP contribution in [0.3, 0.4) is 0 Å². The number of ether oxygens (including phenoxy) is 3. The maximum Gasteiger partial charge on any atom is 0.307 e. The van der Waals surface area contributed by atoms with E-state index in [1.54, 1.807) is 0 Å². The number of carbonyl (C=O) groups excluding carboxylic acids is 1. The summed E-state index contributed by atoms with van der Waals surface area (Å²) in [5.41, 5.74) is -0.244. The predicted molar refractivity (Wildman–Crippen MR) is 89.4 cm³/mol. The minimum Gasteiger partial charge on any atom is -0.460 e. The molecule has 1 N–H and O–H groups in total. The molecule has 1 heterocycles. The van der Waals surface area contributed by atoms with Gasteiger partial charge in [0.25, 0.3) is 0 Å². The molecule has 1 spiro atoms. The Bertz CT molecular complexity index is 398. The molecule has 1 saturated carbocycles. The predicted octanol–water partition coefficient (Wildman–Crippen LogP) is 2.67. The SMILES string of the molecule is CCOC1CC(NC(C)CC(=O)OC(C)(C)C)C12CCOCC2. The third kappa shape index (κ3) is 4.68. The van der Waals surface area contributed by atoms with Crippen LogP contribution in [0, 0.1) is 5.41 Å². The van der Waals surface area contributed by atoms with E-state index in [2.05, 4.69) is 19.2 Å². The van der Waals surface area contributed by atoms with Crippen molar-refractivity contribution in [3.63, 3.8) is 0 Å². The lowest BCUT2D eigenvalue weighted by Crippen LogP contribution is -2.66. The highest BCUT2D eigenvalue weighted by molar-refractivity contribution is 5.70. The van der Waals surface area contributed by atoms with E-state index in [-0.39, 0.29) is 17.4 Å². The molecular formula is C18H33NO4. The van der Waals surface area contributed by atoms with Gasteiger partial charge in [-0.05, 0) is 53.9 Å². The van der Waals surface area contributed by atoms with E-state index in [1.165, 1.54) is 0 Å². The Labute approximate surface area is 140 Å². The van der Waals surface area contributed by atoms with Crippen molar-refractivity contribution in [2.24, 2.45) is 5.41 Å². The molecule has 2 aliphatic rings. The molecular weight excluding hydrogens is 294 g/mol. The molecule has 1 aliphatic heterocycles. The first-order valence-electron chi connectivity index (χ1n) is 8.94. The largest absolute Gasteiger partial charge is 0.460 e. The van der Waals surface area contributed by atoms with E-state index < -0.39 is 5.60 Å². The van der Waals surface area contributed by atoms with Crippen LogP contribution in [-0.4, -0.2) is 49.6 Å². The van der Waals surface area contributed by atoms with Gasteiger partial charge < -0.3 is 19.5 Å². The van der Waals surface area contributed by atoms with Crippen molar-refractivity contribution >= 4 is 5.97 Å². The third-order valence-corrected chi connectivity index (χ3v) is 4.96. The fourth-order valence-electron chi connectivity index (χ4n) is 3.87. The van der Waals surface area contributed by atoms with Crippen LogP contribution in [-0.2, 0) is 19.0 Å². The first-order chi connectivity index (χ1) is 10.8. The van der Waals surface area contributed by atoms with E-state index in [4.69, 9.17) is 14.2 Å². The second-order valence-corrected chi connectivity index (χ2v) is 7.94. The summed E-state index contributed by atoms with van der Waals surface area (Å²) in [6.45, 7) is 12.2. The van der Waals surface area contributed by atoms with Gasteiger partial charge in [-0.25, -0.2) is 0 Å². The number of hydrogen-bond acceptors (Lipinski definition) is 5. The molecule has 3 unspecified atom stereocenters. The molecule has 0 bridgehead atoms. The number of rotatable bonds is 6. The zero-order valence-electron chi connectivity index (χ0n) is 15.3. The Balaban J connectivity index is 1.87. The summed E-state index contributed by atoms with van der Waals surface area (Å²) < 4.78 is 16.9. The van der Waals surface area contributed by atoms with Crippen molar-refractivity contribution in [2.45, 2.75) is 84.1 Å². The Morgan fingerprint density at radius 1 is 1.35 bits per heavy atom. The van der Waals surface area contributed by atoms with Gasteiger partial charge in [-0.15, -0.1) is 0 Å². The normalized spacial score (nSPS) is 28.2. The molecule has 0 aromatic rings. The summed E-state index contributed by atoms with van der Waals surface area (Å²) in [6.07, 6.45) is 3.82. The molecule has 2 fully saturated rings. The van der Waals surface area contributed by atoms with Crippen molar-refractivity contribution < 1.29 is 19.0 Å². The van der Waals surface area contributed by atoms with Crippen molar-refractivity contribution in [1.29, 1.82) is 0 Å². The zero-order valence-corrected chi connectivity index (χ0v) is 15.3. The van der Waals surface area contributed by atoms with E-state index >= 15 is 0 Å². The van der Waals surface area contributed by atoms with E-state index in [0.717, 1.165) is 39.1 Å². The van der Waals surface area contributed by atoms with Crippen LogP contribution in [0.15, 0.2) is 0 Å². The van der Waals surface area contributed by atoms with Crippen LogP contribution in [0.2, 0.25) is 0 Å². The van der Waals surface area contributed by atoms with Crippen LogP contribution >= 0.6 is 0 Å². The lowest BCUT2D eigenvalue weighted by molar-refractivity contribution is -0.175. The zero-order chi connectivity index (χ0) is 17.1. The second-order valence-electron chi connectivity index (χ2n) is 7.94. The minimum atomic E-state index is -0.421. The first-order valence-corrected chi connectivity index (χ1v) is 8.94. The van der Waals surface area contributed by atoms with Crippen LogP contribution in [0.5, 0.6) is 0 Å². The first kappa shape index (κ1) is 18.7. The van der Waals surface area contributed by atoms with Gasteiger partial charge in [0.1, 0.15) is 5.60 Å². The Kier molecular flexibility index (Phi) is 6.09. The highest BCUT2D eigenvalue weighted by Crippen LogP contribution is 2.50. The van der Waals surface area contributed by atoms with Crippen molar-refractivity contribution in [2.75, 3.05) is 19.8 Å². The summed E-state index contributed by atoms with van der Waals surface area (Å²) in [5, 5.41) is 3.65. The molecule has 0 amide bonds. The van der Waals surface area contributed by atoms with Crippen LogP contribution in [0.25, 0.3) is 0 Å². The lowest BCUT2D eigenvalue weighted by Gasteiger charge is -2.58. The molecule has 0 aromatic heterocycles.